The molecule has 5 heteroatoms. The number of hydrogen-bond donors (Lipinski definition) is 0. The van der Waals surface area contributed by atoms with Crippen molar-refractivity contribution in [3.63, 3.8) is 0 Å². The molecule has 118 valence electrons. The third-order valence-electron chi connectivity index (χ3n) is 4.69. The highest BCUT2D eigenvalue weighted by atomic mass is 79.9. The second-order valence-electron chi connectivity index (χ2n) is 6.39. The van der Waals surface area contributed by atoms with Crippen LogP contribution in [-0.2, 0) is 9.59 Å². The fraction of sp³-hybridized carbons (Fsp3) is 0.529. The molecule has 2 aliphatic heterocycles. The van der Waals surface area contributed by atoms with Crippen molar-refractivity contribution in [1.29, 1.82) is 0 Å². The fourth-order valence-corrected chi connectivity index (χ4v) is 3.64. The third kappa shape index (κ3) is 3.19. The van der Waals surface area contributed by atoms with Crippen LogP contribution in [0.25, 0.3) is 0 Å². The number of anilines is 1. The summed E-state index contributed by atoms with van der Waals surface area (Å²) in [6, 6.07) is 7.68. The molecule has 4 nitrogen and oxygen atoms in total. The van der Waals surface area contributed by atoms with Crippen molar-refractivity contribution in [2.75, 3.05) is 24.5 Å². The van der Waals surface area contributed by atoms with Gasteiger partial charge in [-0.15, -0.1) is 0 Å². The summed E-state index contributed by atoms with van der Waals surface area (Å²) >= 11 is 3.43. The molecule has 1 aromatic carbocycles. The first-order valence-electron chi connectivity index (χ1n) is 7.89. The van der Waals surface area contributed by atoms with Gasteiger partial charge in [-0.3, -0.25) is 9.59 Å². The molecule has 2 heterocycles. The summed E-state index contributed by atoms with van der Waals surface area (Å²) in [5.74, 6) is 0.701. The molecule has 0 bridgehead atoms. The van der Waals surface area contributed by atoms with Crippen LogP contribution in [0.3, 0.4) is 0 Å². The highest BCUT2D eigenvalue weighted by Gasteiger charge is 2.37. The molecule has 0 aromatic heterocycles. The number of piperidine rings is 1. The molecular weight excluding hydrogens is 344 g/mol. The lowest BCUT2D eigenvalue weighted by Crippen LogP contribution is -2.42. The van der Waals surface area contributed by atoms with E-state index in [4.69, 9.17) is 0 Å². The Kier molecular flexibility index (Phi) is 4.52. The maximum absolute atomic E-state index is 12.6. The number of hydrogen-bond acceptors (Lipinski definition) is 2. The summed E-state index contributed by atoms with van der Waals surface area (Å²) in [6.45, 7) is 4.40. The molecule has 2 fully saturated rings. The van der Waals surface area contributed by atoms with Crippen LogP contribution in [0.4, 0.5) is 5.69 Å². The molecule has 0 radical (unpaired) electrons. The van der Waals surface area contributed by atoms with Crippen molar-refractivity contribution in [2.24, 2.45) is 11.8 Å². The van der Waals surface area contributed by atoms with E-state index in [2.05, 4.69) is 22.9 Å². The number of likely N-dealkylation sites (tertiary alicyclic amines) is 1. The van der Waals surface area contributed by atoms with Crippen molar-refractivity contribution >= 4 is 33.4 Å². The van der Waals surface area contributed by atoms with Crippen LogP contribution in [0, 0.1) is 11.8 Å². The first kappa shape index (κ1) is 15.5. The van der Waals surface area contributed by atoms with E-state index in [0.29, 0.717) is 18.9 Å². The molecule has 3 rings (SSSR count). The number of carbonyl (C=O) groups excluding carboxylic acids is 2. The lowest BCUT2D eigenvalue weighted by molar-refractivity contribution is -0.137. The van der Waals surface area contributed by atoms with Crippen LogP contribution in [0.15, 0.2) is 28.7 Å². The van der Waals surface area contributed by atoms with E-state index in [9.17, 15) is 9.59 Å². The Morgan fingerprint density at radius 1 is 1.27 bits per heavy atom. The first-order chi connectivity index (χ1) is 10.5. The number of nitrogens with zero attached hydrogens (tertiary/aromatic N) is 2. The molecule has 2 saturated heterocycles. The standard InChI is InChI=1S/C17H21BrN2O2/c1-12-5-7-19(8-6-12)17(22)13-9-16(21)20(11-13)15-4-2-3-14(18)10-15/h2-4,10,12-13H,5-9,11H2,1H3. The summed E-state index contributed by atoms with van der Waals surface area (Å²) in [6.07, 6.45) is 2.47. The zero-order chi connectivity index (χ0) is 15.7. The second kappa shape index (κ2) is 6.41. The van der Waals surface area contributed by atoms with Gasteiger partial charge in [0.1, 0.15) is 0 Å². The molecule has 22 heavy (non-hydrogen) atoms. The summed E-state index contributed by atoms with van der Waals surface area (Å²) in [5.41, 5.74) is 0.863. The molecular formula is C17H21BrN2O2. The Balaban J connectivity index is 1.68. The van der Waals surface area contributed by atoms with Crippen LogP contribution in [0.5, 0.6) is 0 Å². The molecule has 0 aliphatic carbocycles. The predicted molar refractivity (Wildman–Crippen MR) is 89.6 cm³/mol. The molecule has 0 saturated carbocycles. The predicted octanol–water partition coefficient (Wildman–Crippen LogP) is 3.06. The molecule has 1 aromatic rings. The average molecular weight is 365 g/mol. The first-order valence-corrected chi connectivity index (χ1v) is 8.68. The van der Waals surface area contributed by atoms with E-state index >= 15 is 0 Å². The number of amides is 2. The lowest BCUT2D eigenvalue weighted by atomic mass is 9.97. The normalized spacial score (nSPS) is 23.2. The quantitative estimate of drug-likeness (QED) is 0.808. The molecule has 1 atom stereocenters. The Morgan fingerprint density at radius 3 is 2.68 bits per heavy atom. The van der Waals surface area contributed by atoms with Crippen molar-refractivity contribution in [3.05, 3.63) is 28.7 Å². The maximum atomic E-state index is 12.6. The van der Waals surface area contributed by atoms with Gasteiger partial charge in [0.25, 0.3) is 0 Å². The van der Waals surface area contributed by atoms with E-state index in [-0.39, 0.29) is 17.7 Å². The smallest absolute Gasteiger partial charge is 0.228 e. The Morgan fingerprint density at radius 2 is 2.00 bits per heavy atom. The lowest BCUT2D eigenvalue weighted by Gasteiger charge is -2.32. The van der Waals surface area contributed by atoms with Gasteiger partial charge in [0, 0.05) is 36.2 Å². The summed E-state index contributed by atoms with van der Waals surface area (Å²) in [7, 11) is 0. The largest absolute Gasteiger partial charge is 0.342 e. The average Bonchev–Trinajstić information content (AvgIpc) is 2.89. The highest BCUT2D eigenvalue weighted by molar-refractivity contribution is 9.10. The number of rotatable bonds is 2. The van der Waals surface area contributed by atoms with E-state index in [1.54, 1.807) is 4.90 Å². The summed E-state index contributed by atoms with van der Waals surface area (Å²) in [5, 5.41) is 0. The summed E-state index contributed by atoms with van der Waals surface area (Å²) < 4.78 is 0.942. The van der Waals surface area contributed by atoms with Gasteiger partial charge < -0.3 is 9.80 Å². The van der Waals surface area contributed by atoms with Gasteiger partial charge in [-0.25, -0.2) is 0 Å². The molecule has 0 spiro atoms. The van der Waals surface area contributed by atoms with Crippen LogP contribution in [0.2, 0.25) is 0 Å². The van der Waals surface area contributed by atoms with Crippen molar-refractivity contribution in [1.82, 2.24) is 4.90 Å². The van der Waals surface area contributed by atoms with E-state index in [0.717, 1.165) is 36.1 Å². The monoisotopic (exact) mass is 364 g/mol. The van der Waals surface area contributed by atoms with Crippen LogP contribution in [-0.4, -0.2) is 36.3 Å². The molecule has 1 unspecified atom stereocenters. The molecule has 2 aliphatic rings. The SMILES string of the molecule is CC1CCN(C(=O)C2CC(=O)N(c3cccc(Br)c3)C2)CC1. The Bertz CT molecular complexity index is 582. The van der Waals surface area contributed by atoms with E-state index in [1.165, 1.54) is 0 Å². The number of halogens is 1. The van der Waals surface area contributed by atoms with Gasteiger partial charge in [0.15, 0.2) is 0 Å². The zero-order valence-corrected chi connectivity index (χ0v) is 14.4. The van der Waals surface area contributed by atoms with Gasteiger partial charge in [0.05, 0.1) is 5.92 Å². The Hall–Kier alpha value is -1.36. The summed E-state index contributed by atoms with van der Waals surface area (Å²) in [4.78, 5) is 28.6. The van der Waals surface area contributed by atoms with Crippen LogP contribution in [0.1, 0.15) is 26.2 Å². The minimum atomic E-state index is -0.195. The minimum absolute atomic E-state index is 0.0434. The van der Waals surface area contributed by atoms with Gasteiger partial charge in [-0.05, 0) is 37.0 Å². The highest BCUT2D eigenvalue weighted by Crippen LogP contribution is 2.29. The van der Waals surface area contributed by atoms with Crippen molar-refractivity contribution < 1.29 is 9.59 Å². The maximum Gasteiger partial charge on any atom is 0.228 e. The third-order valence-corrected chi connectivity index (χ3v) is 5.18. The van der Waals surface area contributed by atoms with Crippen molar-refractivity contribution in [2.45, 2.75) is 26.2 Å². The minimum Gasteiger partial charge on any atom is -0.342 e. The van der Waals surface area contributed by atoms with Gasteiger partial charge >= 0.3 is 0 Å². The van der Waals surface area contributed by atoms with Gasteiger partial charge in [-0.2, -0.15) is 0 Å². The Labute approximate surface area is 139 Å². The van der Waals surface area contributed by atoms with Crippen LogP contribution >= 0.6 is 15.9 Å². The zero-order valence-electron chi connectivity index (χ0n) is 12.8. The van der Waals surface area contributed by atoms with Gasteiger partial charge in [-0.1, -0.05) is 28.9 Å². The fourth-order valence-electron chi connectivity index (χ4n) is 3.25. The molecule has 2 amide bonds. The number of benzene rings is 1. The number of carbonyl (C=O) groups is 2. The second-order valence-corrected chi connectivity index (χ2v) is 7.31. The molecule has 0 N–H and O–H groups in total. The van der Waals surface area contributed by atoms with Gasteiger partial charge in [0.2, 0.25) is 11.8 Å². The van der Waals surface area contributed by atoms with Crippen molar-refractivity contribution in [3.8, 4) is 0 Å². The topological polar surface area (TPSA) is 40.6 Å². The van der Waals surface area contributed by atoms with Crippen LogP contribution < -0.4 is 4.90 Å². The van der Waals surface area contributed by atoms with E-state index in [1.807, 2.05) is 29.2 Å². The van der Waals surface area contributed by atoms with E-state index < -0.39 is 0 Å².